The van der Waals surface area contributed by atoms with Crippen LogP contribution in [0.25, 0.3) is 0 Å². The predicted octanol–water partition coefficient (Wildman–Crippen LogP) is -4.14. The van der Waals surface area contributed by atoms with Crippen molar-refractivity contribution >= 4 is 96.2 Å². The second-order valence-corrected chi connectivity index (χ2v) is 18.6. The molecule has 0 unspecified atom stereocenters. The quantitative estimate of drug-likeness (QED) is 0.0151. The standard InChI is InChI=1S/C41H70N14O11S3/c1-20(2)14-28(52-33(58)24(42)17-67)39(64)55-12-7-9-30(55)37(62)54-31(22(4)56)38(63)50-25(8-6-11-46-41(43)44)35(60)51-27(15-23-16-45-19-47-23)36(61)49-26(10-13-69-5)34(59)48-21(3)32(57)53-29(18-68)40(65)66/h16,19-22,24-31,56,67-68H,6-15,17-18,42H2,1-5H3,(H,45,47)(H,48,59)(H,49,61)(H,50,63)(H,51,60)(H,52,58)(H,53,57)(H,54,62)(H,65,66)(H4,43,44,46)/t21-,22+,24-,25-,26-,27-,28-,29-,30-,31-/m0/s1. The van der Waals surface area contributed by atoms with Gasteiger partial charge in [0.15, 0.2) is 5.96 Å². The van der Waals surface area contributed by atoms with Crippen LogP contribution in [0.3, 0.4) is 0 Å². The maximum absolute atomic E-state index is 14.2. The summed E-state index contributed by atoms with van der Waals surface area (Å²) in [7, 11) is 0. The number of likely N-dealkylation sites (tertiary alicyclic amines) is 1. The largest absolute Gasteiger partial charge is 0.480 e. The summed E-state index contributed by atoms with van der Waals surface area (Å²) in [6.07, 6.45) is 3.76. The number of aromatic nitrogens is 2. The fourth-order valence-electron chi connectivity index (χ4n) is 6.98. The fraction of sp³-hybridized carbons (Fsp3) is 0.683. The summed E-state index contributed by atoms with van der Waals surface area (Å²) in [6, 6.07) is -11.4. The van der Waals surface area contributed by atoms with Crippen LogP contribution in [0.4, 0.5) is 0 Å². The number of hydrogen-bond donors (Lipinski definition) is 15. The van der Waals surface area contributed by atoms with Gasteiger partial charge in [-0.2, -0.15) is 37.0 Å². The molecule has 69 heavy (non-hydrogen) atoms. The summed E-state index contributed by atoms with van der Waals surface area (Å²) in [4.78, 5) is 133. The number of nitrogens with one attached hydrogen (secondary N) is 8. The highest BCUT2D eigenvalue weighted by atomic mass is 32.2. The summed E-state index contributed by atoms with van der Waals surface area (Å²) < 4.78 is 0. The van der Waals surface area contributed by atoms with Crippen LogP contribution in [0.5, 0.6) is 0 Å². The van der Waals surface area contributed by atoms with Crippen LogP contribution in [0, 0.1) is 5.92 Å². The summed E-state index contributed by atoms with van der Waals surface area (Å²) in [5, 5.41) is 37.9. The van der Waals surface area contributed by atoms with Gasteiger partial charge in [0.2, 0.25) is 47.3 Å². The smallest absolute Gasteiger partial charge is 0.327 e. The van der Waals surface area contributed by atoms with Gasteiger partial charge in [-0.25, -0.2) is 9.78 Å². The maximum atomic E-state index is 14.2. The minimum atomic E-state index is -1.65. The zero-order chi connectivity index (χ0) is 52.0. The van der Waals surface area contributed by atoms with Crippen molar-refractivity contribution < 1.29 is 53.4 Å². The molecule has 25 nitrogen and oxygen atoms in total. The fourth-order valence-corrected chi connectivity index (χ4v) is 7.87. The second-order valence-electron chi connectivity index (χ2n) is 16.9. The van der Waals surface area contributed by atoms with Crippen LogP contribution in [-0.2, 0) is 49.6 Å². The van der Waals surface area contributed by atoms with Crippen molar-refractivity contribution in [3.05, 3.63) is 18.2 Å². The Hall–Kier alpha value is -5.32. The Morgan fingerprint density at radius 3 is 1.99 bits per heavy atom. The van der Waals surface area contributed by atoms with E-state index in [0.29, 0.717) is 17.9 Å². The Balaban J connectivity index is 2.39. The Bertz CT molecular complexity index is 1930. The molecular weight excluding hydrogens is 961 g/mol. The average molecular weight is 1030 g/mol. The Kier molecular flexibility index (Phi) is 26.3. The van der Waals surface area contributed by atoms with Crippen LogP contribution in [0.15, 0.2) is 17.5 Å². The zero-order valence-electron chi connectivity index (χ0n) is 39.4. The van der Waals surface area contributed by atoms with Gasteiger partial charge in [0, 0.05) is 42.9 Å². The molecule has 1 aliphatic heterocycles. The Morgan fingerprint density at radius 1 is 0.826 bits per heavy atom. The van der Waals surface area contributed by atoms with Gasteiger partial charge in [0.05, 0.1) is 18.5 Å². The van der Waals surface area contributed by atoms with E-state index in [1.54, 1.807) is 6.26 Å². The number of aliphatic imine (C=N–C) groups is 1. The minimum absolute atomic E-state index is 0.0231. The number of aromatic amines is 1. The van der Waals surface area contributed by atoms with E-state index in [2.05, 4.69) is 77.4 Å². The number of hydrogen-bond acceptors (Lipinski definition) is 16. The molecule has 0 spiro atoms. The number of H-pyrrole nitrogens is 1. The van der Waals surface area contributed by atoms with E-state index in [1.165, 1.54) is 43.0 Å². The molecule has 1 aliphatic rings. The van der Waals surface area contributed by atoms with E-state index in [0.717, 1.165) is 0 Å². The number of aliphatic hydroxyl groups excluding tert-OH is 1. The predicted molar refractivity (Wildman–Crippen MR) is 264 cm³/mol. The van der Waals surface area contributed by atoms with Crippen LogP contribution < -0.4 is 54.4 Å². The van der Waals surface area contributed by atoms with E-state index >= 15 is 0 Å². The molecule has 0 radical (unpaired) electrons. The monoisotopic (exact) mass is 1030 g/mol. The summed E-state index contributed by atoms with van der Waals surface area (Å²) >= 11 is 9.36. The van der Waals surface area contributed by atoms with Gasteiger partial charge in [-0.1, -0.05) is 13.8 Å². The molecule has 28 heteroatoms. The maximum Gasteiger partial charge on any atom is 0.327 e. The molecule has 10 atom stereocenters. The molecule has 1 saturated heterocycles. The molecule has 2 rings (SSSR count). The lowest BCUT2D eigenvalue weighted by atomic mass is 10.0. The first-order valence-electron chi connectivity index (χ1n) is 22.4. The number of carbonyl (C=O) groups is 9. The highest BCUT2D eigenvalue weighted by Gasteiger charge is 2.41. The molecular formula is C41H70N14O11S3. The first-order chi connectivity index (χ1) is 32.5. The van der Waals surface area contributed by atoms with Crippen LogP contribution in [0.2, 0.25) is 0 Å². The van der Waals surface area contributed by atoms with Crippen molar-refractivity contribution in [1.29, 1.82) is 0 Å². The van der Waals surface area contributed by atoms with E-state index in [-0.39, 0.29) is 75.0 Å². The first-order valence-corrected chi connectivity index (χ1v) is 25.0. The normalized spacial score (nSPS) is 17.3. The van der Waals surface area contributed by atoms with Gasteiger partial charge < -0.3 is 74.5 Å². The molecule has 1 aromatic heterocycles. The number of carboxylic acid groups (broad SMARTS) is 1. The number of guanidine groups is 1. The number of thioether (sulfide) groups is 1. The lowest BCUT2D eigenvalue weighted by Crippen LogP contribution is -2.62. The number of carbonyl (C=O) groups excluding carboxylic acids is 8. The van der Waals surface area contributed by atoms with Crippen molar-refractivity contribution in [2.75, 3.05) is 36.6 Å². The van der Waals surface area contributed by atoms with Crippen molar-refractivity contribution in [3.63, 3.8) is 0 Å². The third-order valence-electron chi connectivity index (χ3n) is 10.7. The molecule has 0 aromatic carbocycles. The Labute approximate surface area is 416 Å². The summed E-state index contributed by atoms with van der Waals surface area (Å²) in [5.74, 6) is -7.60. The van der Waals surface area contributed by atoms with Gasteiger partial charge in [0.25, 0.3) is 0 Å². The summed E-state index contributed by atoms with van der Waals surface area (Å²) in [6.45, 7) is 6.48. The third-order valence-corrected chi connectivity index (χ3v) is 12.1. The van der Waals surface area contributed by atoms with Crippen LogP contribution in [-0.4, -0.2) is 181 Å². The number of amides is 8. The molecule has 1 fully saturated rings. The SMILES string of the molecule is CSCC[C@H](NC(=O)[C@H](Cc1cnc[nH]1)NC(=O)[C@H](CCCN=C(N)N)NC(=O)[C@@H](NC(=O)[C@@H]1CCCN1C(=O)[C@H](CC(C)C)NC(=O)[C@@H](N)CS)[C@@H](C)O)C(=O)N[C@@H](C)C(=O)N[C@@H](CS)C(=O)O. The third kappa shape index (κ3) is 20.3. The molecule has 2 heterocycles. The number of imidazole rings is 1. The molecule has 0 saturated carbocycles. The highest BCUT2D eigenvalue weighted by molar-refractivity contribution is 7.98. The van der Waals surface area contributed by atoms with Crippen molar-refractivity contribution in [2.24, 2.45) is 28.1 Å². The van der Waals surface area contributed by atoms with E-state index in [1.807, 2.05) is 13.8 Å². The minimum Gasteiger partial charge on any atom is -0.480 e. The first kappa shape index (κ1) is 59.8. The molecule has 0 bridgehead atoms. The van der Waals surface area contributed by atoms with Crippen LogP contribution >= 0.6 is 37.0 Å². The highest BCUT2D eigenvalue weighted by Crippen LogP contribution is 2.21. The van der Waals surface area contributed by atoms with E-state index in [9.17, 15) is 53.4 Å². The number of rotatable bonds is 30. The second kappa shape index (κ2) is 30.3. The summed E-state index contributed by atoms with van der Waals surface area (Å²) in [5.41, 5.74) is 17.2. The van der Waals surface area contributed by atoms with E-state index < -0.39 is 114 Å². The number of aliphatic hydroxyl groups is 1. The molecule has 16 N–H and O–H groups in total. The van der Waals surface area contributed by atoms with Gasteiger partial charge >= 0.3 is 5.97 Å². The molecule has 1 aromatic rings. The number of thiol groups is 2. The van der Waals surface area contributed by atoms with Crippen LogP contribution in [0.1, 0.15) is 71.9 Å². The van der Waals surface area contributed by atoms with E-state index in [4.69, 9.17) is 17.2 Å². The molecule has 0 aliphatic carbocycles. The number of aliphatic carboxylic acids is 1. The van der Waals surface area contributed by atoms with Gasteiger partial charge in [-0.3, -0.25) is 43.3 Å². The topological polar surface area (TPSA) is 401 Å². The average Bonchev–Trinajstić information content (AvgIpc) is 4.01. The molecule has 388 valence electrons. The lowest BCUT2D eigenvalue weighted by Gasteiger charge is -2.31. The van der Waals surface area contributed by atoms with Gasteiger partial charge in [-0.05, 0) is 70.3 Å². The number of nitrogens with two attached hydrogens (primary N) is 3. The van der Waals surface area contributed by atoms with Crippen molar-refractivity contribution in [2.45, 2.75) is 133 Å². The number of carboxylic acids is 1. The number of nitrogens with zero attached hydrogens (tertiary/aromatic N) is 3. The lowest BCUT2D eigenvalue weighted by molar-refractivity contribution is -0.143. The van der Waals surface area contributed by atoms with Gasteiger partial charge in [-0.15, -0.1) is 0 Å². The molecule has 8 amide bonds. The zero-order valence-corrected chi connectivity index (χ0v) is 42.0. The van der Waals surface area contributed by atoms with Gasteiger partial charge in [0.1, 0.15) is 48.3 Å². The van der Waals surface area contributed by atoms with Crippen molar-refractivity contribution in [3.8, 4) is 0 Å². The Morgan fingerprint density at radius 2 is 1.42 bits per heavy atom. The van der Waals surface area contributed by atoms with Crippen molar-refractivity contribution in [1.82, 2.24) is 52.1 Å².